The standard InChI is InChI=1S/C9H12N2O4S/c1-3-15-9(14)10-4-6-11-5(2)7(16-6)8(12)13/h3-4H2,1-2H3,(H,10,14)(H,12,13). The van der Waals surface area contributed by atoms with E-state index >= 15 is 0 Å². The number of aromatic carboxylic acids is 1. The molecule has 0 atom stereocenters. The molecule has 7 heteroatoms. The molecule has 1 heterocycles. The van der Waals surface area contributed by atoms with Crippen molar-refractivity contribution in [3.63, 3.8) is 0 Å². The summed E-state index contributed by atoms with van der Waals surface area (Å²) in [6.07, 6.45) is -0.535. The number of thiazole rings is 1. The molecule has 88 valence electrons. The molecule has 0 saturated carbocycles. The molecule has 0 bridgehead atoms. The first-order chi connectivity index (χ1) is 7.54. The number of nitrogens with one attached hydrogen (secondary N) is 1. The van der Waals surface area contributed by atoms with Gasteiger partial charge in [-0.25, -0.2) is 14.6 Å². The van der Waals surface area contributed by atoms with Gasteiger partial charge in [0.15, 0.2) is 0 Å². The zero-order valence-corrected chi connectivity index (χ0v) is 9.76. The topological polar surface area (TPSA) is 88.5 Å². The minimum atomic E-state index is -1.00. The number of alkyl carbamates (subject to hydrolysis) is 1. The van der Waals surface area contributed by atoms with E-state index in [1.807, 2.05) is 0 Å². The number of rotatable bonds is 4. The smallest absolute Gasteiger partial charge is 0.407 e. The van der Waals surface area contributed by atoms with E-state index in [0.29, 0.717) is 17.3 Å². The van der Waals surface area contributed by atoms with Gasteiger partial charge in [0.25, 0.3) is 0 Å². The lowest BCUT2D eigenvalue weighted by molar-refractivity contribution is 0.0701. The van der Waals surface area contributed by atoms with E-state index in [4.69, 9.17) is 5.11 Å². The predicted molar refractivity (Wildman–Crippen MR) is 57.7 cm³/mol. The Hall–Kier alpha value is -1.63. The number of nitrogens with zero attached hydrogens (tertiary/aromatic N) is 1. The van der Waals surface area contributed by atoms with Gasteiger partial charge in [-0.1, -0.05) is 0 Å². The van der Waals surface area contributed by atoms with Crippen molar-refractivity contribution in [3.8, 4) is 0 Å². The number of carboxylic acids is 1. The van der Waals surface area contributed by atoms with Crippen LogP contribution in [-0.2, 0) is 11.3 Å². The molecule has 1 rings (SSSR count). The molecule has 0 radical (unpaired) electrons. The Balaban J connectivity index is 2.58. The summed E-state index contributed by atoms with van der Waals surface area (Å²) in [6.45, 7) is 3.80. The van der Waals surface area contributed by atoms with Crippen molar-refractivity contribution < 1.29 is 19.4 Å². The third-order valence-corrected chi connectivity index (χ3v) is 2.84. The maximum atomic E-state index is 11.0. The molecular formula is C9H12N2O4S. The number of aromatic nitrogens is 1. The van der Waals surface area contributed by atoms with E-state index in [0.717, 1.165) is 11.3 Å². The summed E-state index contributed by atoms with van der Waals surface area (Å²) < 4.78 is 4.66. The molecule has 0 aliphatic rings. The summed E-state index contributed by atoms with van der Waals surface area (Å²) in [5.41, 5.74) is 0.457. The maximum Gasteiger partial charge on any atom is 0.407 e. The average Bonchev–Trinajstić information content (AvgIpc) is 2.57. The van der Waals surface area contributed by atoms with Gasteiger partial charge in [0.1, 0.15) is 9.88 Å². The largest absolute Gasteiger partial charge is 0.477 e. The fourth-order valence-electron chi connectivity index (χ4n) is 1.06. The molecule has 0 unspecified atom stereocenters. The molecular weight excluding hydrogens is 232 g/mol. The Morgan fingerprint density at radius 3 is 2.75 bits per heavy atom. The number of amides is 1. The van der Waals surface area contributed by atoms with Crippen LogP contribution in [0, 0.1) is 6.92 Å². The van der Waals surface area contributed by atoms with Crippen LogP contribution in [0.3, 0.4) is 0 Å². The SMILES string of the molecule is CCOC(=O)NCc1nc(C)c(C(=O)O)s1. The van der Waals surface area contributed by atoms with E-state index in [9.17, 15) is 9.59 Å². The van der Waals surface area contributed by atoms with Gasteiger partial charge in [0.2, 0.25) is 0 Å². The van der Waals surface area contributed by atoms with Crippen LogP contribution >= 0.6 is 11.3 Å². The number of carboxylic acid groups (broad SMARTS) is 1. The summed E-state index contributed by atoms with van der Waals surface area (Å²) >= 11 is 1.05. The molecule has 1 amide bonds. The lowest BCUT2D eigenvalue weighted by Gasteiger charge is -2.01. The fourth-order valence-corrected chi connectivity index (χ4v) is 1.90. The predicted octanol–water partition coefficient (Wildman–Crippen LogP) is 1.40. The molecule has 0 aliphatic heterocycles. The number of carbonyl (C=O) groups is 2. The van der Waals surface area contributed by atoms with E-state index in [-0.39, 0.29) is 11.4 Å². The minimum absolute atomic E-state index is 0.178. The molecule has 0 fully saturated rings. The highest BCUT2D eigenvalue weighted by Gasteiger charge is 2.14. The van der Waals surface area contributed by atoms with Crippen molar-refractivity contribution in [1.82, 2.24) is 10.3 Å². The summed E-state index contributed by atoms with van der Waals surface area (Å²) in [6, 6.07) is 0. The van der Waals surface area contributed by atoms with Gasteiger partial charge in [0.05, 0.1) is 18.8 Å². The van der Waals surface area contributed by atoms with Crippen molar-refractivity contribution in [1.29, 1.82) is 0 Å². The van der Waals surface area contributed by atoms with Crippen LogP contribution in [-0.4, -0.2) is 28.8 Å². The van der Waals surface area contributed by atoms with E-state index in [2.05, 4.69) is 15.0 Å². The van der Waals surface area contributed by atoms with Gasteiger partial charge in [0, 0.05) is 0 Å². The summed E-state index contributed by atoms with van der Waals surface area (Å²) in [4.78, 5) is 25.9. The summed E-state index contributed by atoms with van der Waals surface area (Å²) in [5.74, 6) is -1.00. The van der Waals surface area contributed by atoms with Gasteiger partial charge in [-0.05, 0) is 13.8 Å². The van der Waals surface area contributed by atoms with Gasteiger partial charge in [-0.2, -0.15) is 0 Å². The van der Waals surface area contributed by atoms with Crippen LogP contribution in [0.1, 0.15) is 27.3 Å². The first-order valence-corrected chi connectivity index (χ1v) is 5.46. The lowest BCUT2D eigenvalue weighted by atomic mass is 10.4. The highest BCUT2D eigenvalue weighted by Crippen LogP contribution is 2.17. The second-order valence-corrected chi connectivity index (χ2v) is 3.98. The minimum Gasteiger partial charge on any atom is -0.477 e. The highest BCUT2D eigenvalue weighted by atomic mass is 32.1. The third kappa shape index (κ3) is 3.20. The molecule has 1 aromatic heterocycles. The van der Waals surface area contributed by atoms with Gasteiger partial charge in [-0.3, -0.25) is 0 Å². The average molecular weight is 244 g/mol. The Morgan fingerprint density at radius 1 is 1.56 bits per heavy atom. The molecule has 1 aromatic rings. The van der Waals surface area contributed by atoms with Crippen molar-refractivity contribution in [2.45, 2.75) is 20.4 Å². The second kappa shape index (κ2) is 5.45. The number of hydrogen-bond acceptors (Lipinski definition) is 5. The number of ether oxygens (including phenoxy) is 1. The Morgan fingerprint density at radius 2 is 2.25 bits per heavy atom. The van der Waals surface area contributed by atoms with Crippen LogP contribution in [0.2, 0.25) is 0 Å². The molecule has 0 aromatic carbocycles. The van der Waals surface area contributed by atoms with Crippen LogP contribution < -0.4 is 5.32 Å². The first-order valence-electron chi connectivity index (χ1n) is 4.64. The summed E-state index contributed by atoms with van der Waals surface area (Å²) in [5, 5.41) is 11.8. The van der Waals surface area contributed by atoms with Crippen LogP contribution in [0.15, 0.2) is 0 Å². The van der Waals surface area contributed by atoms with Crippen LogP contribution in [0.25, 0.3) is 0 Å². The zero-order valence-electron chi connectivity index (χ0n) is 8.94. The highest BCUT2D eigenvalue weighted by molar-refractivity contribution is 7.13. The third-order valence-electron chi connectivity index (χ3n) is 1.69. The number of hydrogen-bond donors (Lipinski definition) is 2. The second-order valence-electron chi connectivity index (χ2n) is 2.90. The van der Waals surface area contributed by atoms with Gasteiger partial charge >= 0.3 is 12.1 Å². The van der Waals surface area contributed by atoms with E-state index in [1.165, 1.54) is 0 Å². The summed E-state index contributed by atoms with van der Waals surface area (Å²) in [7, 11) is 0. The molecule has 0 spiro atoms. The molecule has 16 heavy (non-hydrogen) atoms. The molecule has 6 nitrogen and oxygen atoms in total. The zero-order chi connectivity index (χ0) is 12.1. The normalized spacial score (nSPS) is 9.88. The van der Waals surface area contributed by atoms with Crippen LogP contribution in [0.4, 0.5) is 4.79 Å². The van der Waals surface area contributed by atoms with Crippen molar-refractivity contribution in [2.75, 3.05) is 6.61 Å². The van der Waals surface area contributed by atoms with E-state index < -0.39 is 12.1 Å². The van der Waals surface area contributed by atoms with Crippen molar-refractivity contribution in [2.24, 2.45) is 0 Å². The molecule has 0 aliphatic carbocycles. The Bertz CT molecular complexity index is 402. The van der Waals surface area contributed by atoms with Gasteiger partial charge < -0.3 is 15.2 Å². The number of aryl methyl sites for hydroxylation is 1. The number of carbonyl (C=O) groups excluding carboxylic acids is 1. The van der Waals surface area contributed by atoms with Gasteiger partial charge in [-0.15, -0.1) is 11.3 Å². The molecule has 2 N–H and O–H groups in total. The quantitative estimate of drug-likeness (QED) is 0.835. The van der Waals surface area contributed by atoms with Crippen molar-refractivity contribution >= 4 is 23.4 Å². The van der Waals surface area contributed by atoms with Crippen LogP contribution in [0.5, 0.6) is 0 Å². The Labute approximate surface area is 96.3 Å². The van der Waals surface area contributed by atoms with Crippen molar-refractivity contribution in [3.05, 3.63) is 15.6 Å². The maximum absolute atomic E-state index is 11.0. The first kappa shape index (κ1) is 12.4. The lowest BCUT2D eigenvalue weighted by Crippen LogP contribution is -2.23. The Kier molecular flexibility index (Phi) is 4.24. The monoisotopic (exact) mass is 244 g/mol. The molecule has 0 saturated heterocycles. The fraction of sp³-hybridized carbons (Fsp3) is 0.444. The van der Waals surface area contributed by atoms with E-state index in [1.54, 1.807) is 13.8 Å².